The van der Waals surface area contributed by atoms with Crippen molar-refractivity contribution in [1.29, 1.82) is 0 Å². The van der Waals surface area contributed by atoms with Crippen LogP contribution in [0.2, 0.25) is 0 Å². The molecule has 108 valence electrons. The Bertz CT molecular complexity index is 517. The topological polar surface area (TPSA) is 29.5 Å². The van der Waals surface area contributed by atoms with Gasteiger partial charge in [-0.25, -0.2) is 0 Å². The molecule has 20 heavy (non-hydrogen) atoms. The first-order chi connectivity index (χ1) is 9.70. The minimum atomic E-state index is 0.128. The molecule has 4 heteroatoms. The third-order valence-electron chi connectivity index (χ3n) is 4.66. The molecule has 2 unspecified atom stereocenters. The number of hydrogen-bond donors (Lipinski definition) is 0. The van der Waals surface area contributed by atoms with Crippen molar-refractivity contribution < 1.29 is 9.53 Å². The molecule has 2 fully saturated rings. The van der Waals surface area contributed by atoms with Crippen LogP contribution in [0, 0.1) is 5.92 Å². The van der Waals surface area contributed by atoms with Gasteiger partial charge in [0.15, 0.2) is 0 Å². The maximum Gasteiger partial charge on any atom is 0.257 e. The lowest BCUT2D eigenvalue weighted by Gasteiger charge is -2.32. The number of fused-ring (bicyclic) bond motifs is 1. The molecule has 1 aromatic carbocycles. The molecule has 0 bridgehead atoms. The van der Waals surface area contributed by atoms with Crippen molar-refractivity contribution in [3.05, 3.63) is 28.2 Å². The number of hydrogen-bond acceptors (Lipinski definition) is 2. The van der Waals surface area contributed by atoms with Crippen LogP contribution in [-0.4, -0.2) is 30.5 Å². The van der Waals surface area contributed by atoms with Crippen LogP contribution < -0.4 is 4.74 Å². The number of nitrogens with zero attached hydrogens (tertiary/aromatic N) is 1. The molecule has 0 N–H and O–H groups in total. The summed E-state index contributed by atoms with van der Waals surface area (Å²) in [6.45, 7) is 0.896. The van der Waals surface area contributed by atoms with E-state index < -0.39 is 0 Å². The smallest absolute Gasteiger partial charge is 0.257 e. The van der Waals surface area contributed by atoms with Crippen molar-refractivity contribution in [3.63, 3.8) is 0 Å². The summed E-state index contributed by atoms with van der Waals surface area (Å²) >= 11 is 3.42. The van der Waals surface area contributed by atoms with E-state index in [1.807, 2.05) is 18.2 Å². The number of amides is 1. The molecular weight excluding hydrogens is 318 g/mol. The fourth-order valence-electron chi connectivity index (χ4n) is 3.65. The third kappa shape index (κ3) is 2.46. The molecule has 1 aliphatic heterocycles. The van der Waals surface area contributed by atoms with Crippen LogP contribution >= 0.6 is 15.9 Å². The van der Waals surface area contributed by atoms with Crippen LogP contribution in [0.5, 0.6) is 5.75 Å². The van der Waals surface area contributed by atoms with Crippen molar-refractivity contribution >= 4 is 21.8 Å². The van der Waals surface area contributed by atoms with E-state index in [1.165, 1.54) is 19.3 Å². The van der Waals surface area contributed by atoms with Crippen LogP contribution in [0.1, 0.15) is 42.5 Å². The van der Waals surface area contributed by atoms with Gasteiger partial charge in [0.2, 0.25) is 0 Å². The van der Waals surface area contributed by atoms with E-state index in [-0.39, 0.29) is 5.91 Å². The summed E-state index contributed by atoms with van der Waals surface area (Å²) in [7, 11) is 1.62. The van der Waals surface area contributed by atoms with Crippen molar-refractivity contribution in [2.24, 2.45) is 5.92 Å². The van der Waals surface area contributed by atoms with Gasteiger partial charge in [-0.05, 0) is 43.4 Å². The van der Waals surface area contributed by atoms with Gasteiger partial charge >= 0.3 is 0 Å². The first kappa shape index (κ1) is 13.9. The highest BCUT2D eigenvalue weighted by Crippen LogP contribution is 2.37. The van der Waals surface area contributed by atoms with Crippen LogP contribution in [0.3, 0.4) is 0 Å². The summed E-state index contributed by atoms with van der Waals surface area (Å²) in [6.07, 6.45) is 6.18. The van der Waals surface area contributed by atoms with E-state index in [2.05, 4.69) is 20.8 Å². The molecule has 0 aromatic heterocycles. The Balaban J connectivity index is 1.85. The SMILES string of the molecule is COc1cc(Br)ccc1C(=O)N1CCC2CCCCC21. The van der Waals surface area contributed by atoms with Crippen molar-refractivity contribution in [2.75, 3.05) is 13.7 Å². The number of benzene rings is 1. The Kier molecular flexibility index (Phi) is 4.01. The first-order valence-corrected chi connectivity index (χ1v) is 8.14. The summed E-state index contributed by atoms with van der Waals surface area (Å²) < 4.78 is 6.30. The second-order valence-electron chi connectivity index (χ2n) is 5.74. The van der Waals surface area contributed by atoms with Crippen molar-refractivity contribution in [2.45, 2.75) is 38.1 Å². The molecule has 3 rings (SSSR count). The lowest BCUT2D eigenvalue weighted by molar-refractivity contribution is 0.0686. The zero-order chi connectivity index (χ0) is 14.1. The highest BCUT2D eigenvalue weighted by molar-refractivity contribution is 9.10. The lowest BCUT2D eigenvalue weighted by atomic mass is 9.85. The van der Waals surface area contributed by atoms with Crippen molar-refractivity contribution in [3.8, 4) is 5.75 Å². The molecule has 1 saturated carbocycles. The van der Waals surface area contributed by atoms with E-state index in [0.717, 1.165) is 23.9 Å². The molecule has 1 saturated heterocycles. The van der Waals surface area contributed by atoms with Crippen LogP contribution in [-0.2, 0) is 0 Å². The lowest BCUT2D eigenvalue weighted by Crippen LogP contribution is -2.39. The largest absolute Gasteiger partial charge is 0.496 e. The van der Waals surface area contributed by atoms with Crippen LogP contribution in [0.15, 0.2) is 22.7 Å². The molecule has 2 atom stereocenters. The molecule has 1 amide bonds. The third-order valence-corrected chi connectivity index (χ3v) is 5.16. The predicted molar refractivity (Wildman–Crippen MR) is 82.1 cm³/mol. The Morgan fingerprint density at radius 3 is 2.90 bits per heavy atom. The zero-order valence-corrected chi connectivity index (χ0v) is 13.4. The summed E-state index contributed by atoms with van der Waals surface area (Å²) in [5, 5.41) is 0. The Morgan fingerprint density at radius 2 is 2.10 bits per heavy atom. The fraction of sp³-hybridized carbons (Fsp3) is 0.562. The highest BCUT2D eigenvalue weighted by Gasteiger charge is 2.38. The van der Waals surface area contributed by atoms with E-state index in [1.54, 1.807) is 7.11 Å². The average Bonchev–Trinajstić information content (AvgIpc) is 2.90. The normalized spacial score (nSPS) is 25.4. The van der Waals surface area contributed by atoms with E-state index in [4.69, 9.17) is 4.74 Å². The predicted octanol–water partition coefficient (Wildman–Crippen LogP) is 3.86. The molecule has 0 spiro atoms. The molecule has 1 heterocycles. The standard InChI is InChI=1S/C16H20BrNO2/c1-20-15-10-12(17)6-7-13(15)16(19)18-9-8-11-4-2-3-5-14(11)18/h6-7,10-11,14H,2-5,8-9H2,1H3. The van der Waals surface area contributed by atoms with Crippen LogP contribution in [0.4, 0.5) is 0 Å². The van der Waals surface area contributed by atoms with Gasteiger partial charge in [0.05, 0.1) is 12.7 Å². The summed E-state index contributed by atoms with van der Waals surface area (Å²) in [6, 6.07) is 6.08. The number of carbonyl (C=O) groups is 1. The molecule has 1 aliphatic carbocycles. The van der Waals surface area contributed by atoms with E-state index >= 15 is 0 Å². The van der Waals surface area contributed by atoms with Gasteiger partial charge in [-0.15, -0.1) is 0 Å². The molecular formula is C16H20BrNO2. The van der Waals surface area contributed by atoms with Gasteiger partial charge in [-0.3, -0.25) is 4.79 Å². The number of methoxy groups -OCH3 is 1. The summed E-state index contributed by atoms with van der Waals surface area (Å²) in [4.78, 5) is 14.9. The monoisotopic (exact) mass is 337 g/mol. The molecule has 0 radical (unpaired) electrons. The summed E-state index contributed by atoms with van der Waals surface area (Å²) in [5.74, 6) is 1.50. The quantitative estimate of drug-likeness (QED) is 0.819. The van der Waals surface area contributed by atoms with Gasteiger partial charge < -0.3 is 9.64 Å². The maximum absolute atomic E-state index is 12.8. The van der Waals surface area contributed by atoms with E-state index in [9.17, 15) is 4.79 Å². The number of likely N-dealkylation sites (tertiary alicyclic amines) is 1. The Morgan fingerprint density at radius 1 is 1.30 bits per heavy atom. The number of ether oxygens (including phenoxy) is 1. The van der Waals surface area contributed by atoms with Crippen molar-refractivity contribution in [1.82, 2.24) is 4.90 Å². The van der Waals surface area contributed by atoms with E-state index in [0.29, 0.717) is 23.3 Å². The first-order valence-electron chi connectivity index (χ1n) is 7.35. The second kappa shape index (κ2) is 5.76. The van der Waals surface area contributed by atoms with Gasteiger partial charge in [0, 0.05) is 17.1 Å². The average molecular weight is 338 g/mol. The summed E-state index contributed by atoms with van der Waals surface area (Å²) in [5.41, 5.74) is 0.682. The number of carbonyl (C=O) groups excluding carboxylic acids is 1. The number of halogens is 1. The number of rotatable bonds is 2. The van der Waals surface area contributed by atoms with Gasteiger partial charge in [0.1, 0.15) is 5.75 Å². The molecule has 3 nitrogen and oxygen atoms in total. The Labute approximate surface area is 128 Å². The maximum atomic E-state index is 12.8. The molecule has 1 aromatic rings. The van der Waals surface area contributed by atoms with Gasteiger partial charge in [-0.2, -0.15) is 0 Å². The van der Waals surface area contributed by atoms with Gasteiger partial charge in [-0.1, -0.05) is 28.8 Å². The minimum absolute atomic E-state index is 0.128. The Hall–Kier alpha value is -1.03. The molecule has 2 aliphatic rings. The van der Waals surface area contributed by atoms with Crippen LogP contribution in [0.25, 0.3) is 0 Å². The minimum Gasteiger partial charge on any atom is -0.496 e. The fourth-order valence-corrected chi connectivity index (χ4v) is 3.99. The highest BCUT2D eigenvalue weighted by atomic mass is 79.9. The second-order valence-corrected chi connectivity index (χ2v) is 6.66. The zero-order valence-electron chi connectivity index (χ0n) is 11.8. The van der Waals surface area contributed by atoms with Gasteiger partial charge in [0.25, 0.3) is 5.91 Å².